The van der Waals surface area contributed by atoms with Gasteiger partial charge in [-0.2, -0.15) is 0 Å². The van der Waals surface area contributed by atoms with E-state index in [0.29, 0.717) is 11.5 Å². The van der Waals surface area contributed by atoms with E-state index in [4.69, 9.17) is 4.74 Å². The molecule has 3 heteroatoms. The lowest BCUT2D eigenvalue weighted by atomic mass is 9.71. The molecule has 0 aliphatic heterocycles. The van der Waals surface area contributed by atoms with E-state index in [2.05, 4.69) is 121 Å². The van der Waals surface area contributed by atoms with Crippen molar-refractivity contribution in [2.75, 3.05) is 0 Å². The zero-order valence-corrected chi connectivity index (χ0v) is 29.2. The van der Waals surface area contributed by atoms with E-state index < -0.39 is 5.97 Å². The van der Waals surface area contributed by atoms with Gasteiger partial charge in [0.05, 0.1) is 0 Å². The van der Waals surface area contributed by atoms with Crippen LogP contribution in [-0.4, -0.2) is 11.1 Å². The lowest BCUT2D eigenvalue weighted by Gasteiger charge is -2.35. The number of phenols is 1. The maximum atomic E-state index is 12.9. The molecule has 0 saturated carbocycles. The average molecular weight is 577 g/mol. The highest BCUT2D eigenvalue weighted by molar-refractivity contribution is 5.84. The highest BCUT2D eigenvalue weighted by Gasteiger charge is 2.35. The van der Waals surface area contributed by atoms with Crippen molar-refractivity contribution >= 4 is 5.97 Å². The van der Waals surface area contributed by atoms with Gasteiger partial charge in [-0.25, -0.2) is 4.79 Å². The molecule has 0 aliphatic rings. The van der Waals surface area contributed by atoms with Crippen LogP contribution in [0.5, 0.6) is 11.5 Å². The predicted octanol–water partition coefficient (Wildman–Crippen LogP) is 11.2. The Morgan fingerprint density at radius 2 is 1.17 bits per heavy atom. The first-order valence-corrected chi connectivity index (χ1v) is 16.3. The maximum Gasteiger partial charge on any atom is 0.335 e. The molecule has 234 valence electrons. The van der Waals surface area contributed by atoms with Crippen molar-refractivity contribution in [3.63, 3.8) is 0 Å². The molecule has 0 heterocycles. The summed E-state index contributed by atoms with van der Waals surface area (Å²) in [6.07, 6.45) is 6.74. The molecule has 0 fully saturated rings. The lowest BCUT2D eigenvalue weighted by Crippen LogP contribution is -2.24. The van der Waals surface area contributed by atoms with E-state index in [1.54, 1.807) is 0 Å². The van der Waals surface area contributed by atoms with Crippen molar-refractivity contribution in [2.45, 2.75) is 156 Å². The van der Waals surface area contributed by atoms with Crippen LogP contribution in [0.15, 0.2) is 36.9 Å². The lowest BCUT2D eigenvalue weighted by molar-refractivity contribution is -0.129. The number of benzene rings is 2. The fourth-order valence-corrected chi connectivity index (χ4v) is 5.45. The molecule has 0 aliphatic carbocycles. The average Bonchev–Trinajstić information content (AvgIpc) is 2.95. The number of carbonyl (C=O) groups excluding carboxylic acids is 1. The normalized spacial score (nSPS) is 13.6. The van der Waals surface area contributed by atoms with Crippen LogP contribution in [0.25, 0.3) is 0 Å². The third-order valence-corrected chi connectivity index (χ3v) is 10.5. The Labute approximate surface area is 258 Å². The second-order valence-electron chi connectivity index (χ2n) is 14.8. The summed E-state index contributed by atoms with van der Waals surface area (Å²) in [6, 6.07) is 8.98. The van der Waals surface area contributed by atoms with Crippen molar-refractivity contribution in [3.05, 3.63) is 70.3 Å². The van der Waals surface area contributed by atoms with E-state index in [0.717, 1.165) is 60.8 Å². The van der Waals surface area contributed by atoms with Crippen LogP contribution in [0.3, 0.4) is 0 Å². The summed E-state index contributed by atoms with van der Waals surface area (Å²) in [5, 5.41) is 12.1. The Kier molecular flexibility index (Phi) is 11.4. The standard InChI is InChI=1S/C39H60O3/c1-15-21-28(29-22-26(36(7,8)17-3)24-31(34(29)41)38(11,12)19-5)30-23-27(37(9,10)18-4)25-32(39(13,14)20-6)35(30)42-33(40)16-2/h16,22-25,28,41H,2,15,17-21H2,1,3-14H3. The highest BCUT2D eigenvalue weighted by atomic mass is 16.5. The second kappa shape index (κ2) is 13.4. The van der Waals surface area contributed by atoms with Gasteiger partial charge in [-0.1, -0.05) is 127 Å². The van der Waals surface area contributed by atoms with Crippen LogP contribution in [0.1, 0.15) is 168 Å². The molecule has 0 spiro atoms. The SMILES string of the molecule is C=CC(=O)Oc1c(C(CCC)c2cc(C(C)(C)CC)cc(C(C)(C)CC)c2O)cc(C(C)(C)CC)cc1C(C)(C)CC. The number of esters is 1. The van der Waals surface area contributed by atoms with Gasteiger partial charge in [0.1, 0.15) is 11.5 Å². The molecule has 0 saturated heterocycles. The quantitative estimate of drug-likeness (QED) is 0.138. The van der Waals surface area contributed by atoms with Gasteiger partial charge in [-0.05, 0) is 64.9 Å². The highest BCUT2D eigenvalue weighted by Crippen LogP contribution is 2.50. The van der Waals surface area contributed by atoms with E-state index in [9.17, 15) is 9.90 Å². The van der Waals surface area contributed by atoms with Crippen molar-refractivity contribution in [1.82, 2.24) is 0 Å². The van der Waals surface area contributed by atoms with Crippen molar-refractivity contribution in [3.8, 4) is 11.5 Å². The zero-order valence-electron chi connectivity index (χ0n) is 29.2. The third-order valence-electron chi connectivity index (χ3n) is 10.5. The number of phenolic OH excluding ortho intramolecular Hbond substituents is 1. The number of rotatable bonds is 14. The Morgan fingerprint density at radius 1 is 0.738 bits per heavy atom. The van der Waals surface area contributed by atoms with Crippen LogP contribution in [0, 0.1) is 0 Å². The topological polar surface area (TPSA) is 46.5 Å². The summed E-state index contributed by atoms with van der Waals surface area (Å²) in [4.78, 5) is 12.9. The van der Waals surface area contributed by atoms with Gasteiger partial charge >= 0.3 is 5.97 Å². The smallest absolute Gasteiger partial charge is 0.335 e. The minimum absolute atomic E-state index is 0.0582. The molecule has 2 rings (SSSR count). The first-order chi connectivity index (χ1) is 19.4. The third kappa shape index (κ3) is 7.32. The monoisotopic (exact) mass is 576 g/mol. The van der Waals surface area contributed by atoms with Crippen LogP contribution in [0.2, 0.25) is 0 Å². The number of hydrogen-bond donors (Lipinski definition) is 1. The summed E-state index contributed by atoms with van der Waals surface area (Å²) in [5.41, 5.74) is 5.83. The molecular weight excluding hydrogens is 516 g/mol. The molecule has 42 heavy (non-hydrogen) atoms. The van der Waals surface area contributed by atoms with Crippen molar-refractivity contribution in [1.29, 1.82) is 0 Å². The zero-order chi connectivity index (χ0) is 32.3. The van der Waals surface area contributed by atoms with Gasteiger partial charge in [-0.3, -0.25) is 0 Å². The molecule has 2 aromatic carbocycles. The summed E-state index contributed by atoms with van der Waals surface area (Å²) in [6.45, 7) is 32.7. The summed E-state index contributed by atoms with van der Waals surface area (Å²) >= 11 is 0. The Bertz CT molecular complexity index is 1260. The van der Waals surface area contributed by atoms with Gasteiger partial charge in [0, 0.05) is 34.2 Å². The molecule has 0 aromatic heterocycles. The Morgan fingerprint density at radius 3 is 1.60 bits per heavy atom. The predicted molar refractivity (Wildman–Crippen MR) is 180 cm³/mol. The van der Waals surface area contributed by atoms with E-state index in [1.165, 1.54) is 17.2 Å². The summed E-state index contributed by atoms with van der Waals surface area (Å²) in [5.74, 6) is 0.380. The number of carbonyl (C=O) groups is 1. The maximum absolute atomic E-state index is 12.9. The fraction of sp³-hybridized carbons (Fsp3) is 0.615. The van der Waals surface area contributed by atoms with E-state index >= 15 is 0 Å². The molecule has 0 bridgehead atoms. The molecule has 1 unspecified atom stereocenters. The first kappa shape index (κ1) is 35.6. The molecule has 0 radical (unpaired) electrons. The van der Waals surface area contributed by atoms with Crippen LogP contribution >= 0.6 is 0 Å². The van der Waals surface area contributed by atoms with Gasteiger partial charge in [0.2, 0.25) is 0 Å². The molecule has 1 N–H and O–H groups in total. The molecular formula is C39H60O3. The van der Waals surface area contributed by atoms with Crippen molar-refractivity contribution < 1.29 is 14.6 Å². The second-order valence-corrected chi connectivity index (χ2v) is 14.8. The van der Waals surface area contributed by atoms with Crippen LogP contribution in [0.4, 0.5) is 0 Å². The number of ether oxygens (including phenoxy) is 1. The molecule has 0 amide bonds. The van der Waals surface area contributed by atoms with Crippen LogP contribution < -0.4 is 4.74 Å². The molecule has 2 aromatic rings. The largest absolute Gasteiger partial charge is 0.507 e. The van der Waals surface area contributed by atoms with Gasteiger partial charge in [0.25, 0.3) is 0 Å². The molecule has 3 nitrogen and oxygen atoms in total. The first-order valence-electron chi connectivity index (χ1n) is 16.3. The van der Waals surface area contributed by atoms with Crippen LogP contribution in [-0.2, 0) is 26.5 Å². The van der Waals surface area contributed by atoms with Gasteiger partial charge in [-0.15, -0.1) is 0 Å². The fourth-order valence-electron chi connectivity index (χ4n) is 5.45. The van der Waals surface area contributed by atoms with E-state index in [1.807, 2.05) is 0 Å². The minimum atomic E-state index is -0.458. The summed E-state index contributed by atoms with van der Waals surface area (Å²) in [7, 11) is 0. The van der Waals surface area contributed by atoms with Gasteiger partial charge in [0.15, 0.2) is 0 Å². The van der Waals surface area contributed by atoms with Gasteiger partial charge < -0.3 is 9.84 Å². The molecule has 1 atom stereocenters. The minimum Gasteiger partial charge on any atom is -0.507 e. The summed E-state index contributed by atoms with van der Waals surface area (Å²) < 4.78 is 6.20. The Hall–Kier alpha value is -2.55. The Balaban J connectivity index is 3.21. The van der Waals surface area contributed by atoms with E-state index in [-0.39, 0.29) is 27.6 Å². The number of hydrogen-bond acceptors (Lipinski definition) is 3. The van der Waals surface area contributed by atoms with Crippen molar-refractivity contribution in [2.24, 2.45) is 0 Å². The number of aromatic hydroxyl groups is 1.